The van der Waals surface area contributed by atoms with Gasteiger partial charge in [-0.2, -0.15) is 0 Å². The molecule has 0 fully saturated rings. The summed E-state index contributed by atoms with van der Waals surface area (Å²) in [6.07, 6.45) is 1.15. The standard InChI is InChI=1S/C11H16O4S/c1-8(7-12)11-9(15-2)5-4-6-10(11)16(3,13)14/h4-6,8,12H,7H2,1-3H3. The average Bonchev–Trinajstić information content (AvgIpc) is 2.25. The Balaban J connectivity index is 3.50. The predicted molar refractivity (Wildman–Crippen MR) is 61.6 cm³/mol. The van der Waals surface area contributed by atoms with Crippen LogP contribution < -0.4 is 4.74 Å². The van der Waals surface area contributed by atoms with Crippen LogP contribution >= 0.6 is 0 Å². The maximum Gasteiger partial charge on any atom is 0.175 e. The van der Waals surface area contributed by atoms with Crippen LogP contribution in [0.5, 0.6) is 5.75 Å². The van der Waals surface area contributed by atoms with E-state index in [1.807, 2.05) is 0 Å². The third-order valence-electron chi connectivity index (χ3n) is 2.41. The van der Waals surface area contributed by atoms with E-state index >= 15 is 0 Å². The van der Waals surface area contributed by atoms with E-state index in [0.29, 0.717) is 11.3 Å². The summed E-state index contributed by atoms with van der Waals surface area (Å²) in [5.74, 6) is 0.213. The molecule has 1 atom stereocenters. The summed E-state index contributed by atoms with van der Waals surface area (Å²) >= 11 is 0. The highest BCUT2D eigenvalue weighted by Crippen LogP contribution is 2.32. The summed E-state index contributed by atoms with van der Waals surface area (Å²) in [4.78, 5) is 0.216. The minimum Gasteiger partial charge on any atom is -0.496 e. The molecule has 1 N–H and O–H groups in total. The van der Waals surface area contributed by atoms with Crippen LogP contribution in [0.1, 0.15) is 18.4 Å². The van der Waals surface area contributed by atoms with Gasteiger partial charge in [0.05, 0.1) is 12.0 Å². The molecule has 0 aromatic heterocycles. The molecule has 1 aromatic rings. The van der Waals surface area contributed by atoms with Crippen LogP contribution in [0.25, 0.3) is 0 Å². The highest BCUT2D eigenvalue weighted by Gasteiger charge is 2.21. The number of sulfone groups is 1. The lowest BCUT2D eigenvalue weighted by Crippen LogP contribution is -2.09. The van der Waals surface area contributed by atoms with Gasteiger partial charge < -0.3 is 9.84 Å². The van der Waals surface area contributed by atoms with E-state index in [4.69, 9.17) is 9.84 Å². The van der Waals surface area contributed by atoms with Crippen LogP contribution in [0.2, 0.25) is 0 Å². The average molecular weight is 244 g/mol. The number of aliphatic hydroxyl groups is 1. The van der Waals surface area contributed by atoms with Crippen LogP contribution in [-0.4, -0.2) is 33.5 Å². The van der Waals surface area contributed by atoms with E-state index in [-0.39, 0.29) is 17.4 Å². The third kappa shape index (κ3) is 2.54. The fourth-order valence-corrected chi connectivity index (χ4v) is 2.63. The van der Waals surface area contributed by atoms with Gasteiger partial charge in [0, 0.05) is 24.3 Å². The molecule has 1 aromatic carbocycles. The molecule has 5 heteroatoms. The molecule has 0 saturated carbocycles. The van der Waals surface area contributed by atoms with Gasteiger partial charge in [-0.05, 0) is 12.1 Å². The van der Waals surface area contributed by atoms with E-state index in [0.717, 1.165) is 6.26 Å². The van der Waals surface area contributed by atoms with E-state index in [1.54, 1.807) is 19.1 Å². The van der Waals surface area contributed by atoms with Crippen molar-refractivity contribution in [3.05, 3.63) is 23.8 Å². The van der Waals surface area contributed by atoms with Crippen LogP contribution in [-0.2, 0) is 9.84 Å². The lowest BCUT2D eigenvalue weighted by Gasteiger charge is -2.16. The lowest BCUT2D eigenvalue weighted by molar-refractivity contribution is 0.268. The van der Waals surface area contributed by atoms with Crippen molar-refractivity contribution >= 4 is 9.84 Å². The lowest BCUT2D eigenvalue weighted by atomic mass is 10.0. The SMILES string of the molecule is COc1cccc(S(C)(=O)=O)c1C(C)CO. The number of benzene rings is 1. The Labute approximate surface area is 95.8 Å². The minimum atomic E-state index is -3.31. The summed E-state index contributed by atoms with van der Waals surface area (Å²) in [7, 11) is -1.83. The zero-order valence-electron chi connectivity index (χ0n) is 9.60. The topological polar surface area (TPSA) is 63.6 Å². The van der Waals surface area contributed by atoms with Crippen molar-refractivity contribution in [2.45, 2.75) is 17.7 Å². The minimum absolute atomic E-state index is 0.122. The zero-order valence-corrected chi connectivity index (χ0v) is 10.4. The molecule has 90 valence electrons. The van der Waals surface area contributed by atoms with Crippen molar-refractivity contribution in [3.63, 3.8) is 0 Å². The second-order valence-electron chi connectivity index (χ2n) is 3.73. The van der Waals surface area contributed by atoms with E-state index < -0.39 is 9.84 Å². The van der Waals surface area contributed by atoms with Crippen molar-refractivity contribution in [3.8, 4) is 5.75 Å². The smallest absolute Gasteiger partial charge is 0.175 e. The molecule has 0 aliphatic rings. The molecular formula is C11H16O4S. The number of aliphatic hydroxyl groups excluding tert-OH is 1. The molecule has 0 aliphatic carbocycles. The first-order chi connectivity index (χ1) is 7.41. The predicted octanol–water partition coefficient (Wildman–Crippen LogP) is 1.19. The van der Waals surface area contributed by atoms with Gasteiger partial charge in [0.25, 0.3) is 0 Å². The maximum absolute atomic E-state index is 11.6. The first kappa shape index (κ1) is 13.0. The second kappa shape index (κ2) is 4.84. The van der Waals surface area contributed by atoms with Crippen LogP contribution in [0, 0.1) is 0 Å². The van der Waals surface area contributed by atoms with Gasteiger partial charge in [-0.15, -0.1) is 0 Å². The first-order valence-electron chi connectivity index (χ1n) is 4.89. The number of rotatable bonds is 4. The van der Waals surface area contributed by atoms with Gasteiger partial charge in [-0.1, -0.05) is 13.0 Å². The monoisotopic (exact) mass is 244 g/mol. The Morgan fingerprint density at radius 2 is 2.06 bits per heavy atom. The first-order valence-corrected chi connectivity index (χ1v) is 6.78. The summed E-state index contributed by atoms with van der Waals surface area (Å²) in [5, 5.41) is 9.15. The second-order valence-corrected chi connectivity index (χ2v) is 5.71. The Bertz CT molecular complexity index is 465. The summed E-state index contributed by atoms with van der Waals surface area (Å²) in [5.41, 5.74) is 0.537. The van der Waals surface area contributed by atoms with E-state index in [2.05, 4.69) is 0 Å². The largest absolute Gasteiger partial charge is 0.496 e. The number of ether oxygens (including phenoxy) is 1. The van der Waals surface area contributed by atoms with Crippen LogP contribution in [0.15, 0.2) is 23.1 Å². The summed E-state index contributed by atoms with van der Waals surface area (Å²) in [6, 6.07) is 4.85. The molecule has 16 heavy (non-hydrogen) atoms. The van der Waals surface area contributed by atoms with Crippen molar-refractivity contribution < 1.29 is 18.3 Å². The zero-order chi connectivity index (χ0) is 12.3. The summed E-state index contributed by atoms with van der Waals surface area (Å²) in [6.45, 7) is 1.63. The number of methoxy groups -OCH3 is 1. The molecule has 4 nitrogen and oxygen atoms in total. The van der Waals surface area contributed by atoms with E-state index in [1.165, 1.54) is 13.2 Å². The van der Waals surface area contributed by atoms with Crippen LogP contribution in [0.3, 0.4) is 0 Å². The van der Waals surface area contributed by atoms with Gasteiger partial charge in [-0.25, -0.2) is 8.42 Å². The van der Waals surface area contributed by atoms with Gasteiger partial charge >= 0.3 is 0 Å². The Morgan fingerprint density at radius 1 is 1.44 bits per heavy atom. The van der Waals surface area contributed by atoms with Gasteiger partial charge in [0.1, 0.15) is 5.75 Å². The van der Waals surface area contributed by atoms with Crippen molar-refractivity contribution in [1.29, 1.82) is 0 Å². The van der Waals surface area contributed by atoms with Gasteiger partial charge in [0.15, 0.2) is 9.84 Å². The van der Waals surface area contributed by atoms with Crippen LogP contribution in [0.4, 0.5) is 0 Å². The van der Waals surface area contributed by atoms with Gasteiger partial charge in [-0.3, -0.25) is 0 Å². The maximum atomic E-state index is 11.6. The fourth-order valence-electron chi connectivity index (χ4n) is 1.60. The molecule has 0 heterocycles. The van der Waals surface area contributed by atoms with E-state index in [9.17, 15) is 8.42 Å². The molecule has 1 unspecified atom stereocenters. The molecular weight excluding hydrogens is 228 g/mol. The normalized spacial score (nSPS) is 13.5. The Kier molecular flexibility index (Phi) is 3.93. The number of hydrogen-bond acceptors (Lipinski definition) is 4. The molecule has 0 aliphatic heterocycles. The Morgan fingerprint density at radius 3 is 2.50 bits per heavy atom. The molecule has 0 amide bonds. The third-order valence-corrected chi connectivity index (χ3v) is 3.57. The van der Waals surface area contributed by atoms with Crippen molar-refractivity contribution in [1.82, 2.24) is 0 Å². The molecule has 1 rings (SSSR count). The summed E-state index contributed by atoms with van der Waals surface area (Å²) < 4.78 is 28.3. The molecule has 0 bridgehead atoms. The fraction of sp³-hybridized carbons (Fsp3) is 0.455. The Hall–Kier alpha value is -1.07. The molecule has 0 spiro atoms. The van der Waals surface area contributed by atoms with Crippen molar-refractivity contribution in [2.75, 3.05) is 20.0 Å². The molecule has 0 saturated heterocycles. The highest BCUT2D eigenvalue weighted by atomic mass is 32.2. The highest BCUT2D eigenvalue weighted by molar-refractivity contribution is 7.90. The molecule has 0 radical (unpaired) electrons. The quantitative estimate of drug-likeness (QED) is 0.864. The van der Waals surface area contributed by atoms with Crippen molar-refractivity contribution in [2.24, 2.45) is 0 Å². The van der Waals surface area contributed by atoms with Gasteiger partial charge in [0.2, 0.25) is 0 Å². The number of hydrogen-bond donors (Lipinski definition) is 1.